The Morgan fingerprint density at radius 1 is 0.237 bits per heavy atom. The molecule has 0 aliphatic carbocycles. The molecule has 0 aliphatic heterocycles. The largest absolute Gasteiger partial charge is 0.0882 e. The predicted octanol–water partition coefficient (Wildman–Crippen LogP) is 13.9. The Bertz CT molecular complexity index is 559. The average molecular weight is 525 g/mol. The second kappa shape index (κ2) is 35.7. The van der Waals surface area contributed by atoms with Crippen LogP contribution in [0, 0.1) is 0 Å². The van der Waals surface area contributed by atoms with E-state index in [0.717, 1.165) is 19.3 Å². The third-order valence-electron chi connectivity index (χ3n) is 7.34. The van der Waals surface area contributed by atoms with E-state index in [0.29, 0.717) is 0 Å². The van der Waals surface area contributed by atoms with Crippen molar-refractivity contribution < 1.29 is 0 Å². The Kier molecular flexibility index (Phi) is 34.5. The summed E-state index contributed by atoms with van der Waals surface area (Å²) in [5.74, 6) is 0. The molecule has 0 atom stereocenters. The van der Waals surface area contributed by atoms with Gasteiger partial charge in [-0.25, -0.2) is 0 Å². The van der Waals surface area contributed by atoms with Crippen molar-refractivity contribution in [1.29, 1.82) is 0 Å². The zero-order valence-corrected chi connectivity index (χ0v) is 26.2. The van der Waals surface area contributed by atoms with Crippen LogP contribution in [0.2, 0.25) is 0 Å². The van der Waals surface area contributed by atoms with Gasteiger partial charge in [-0.3, -0.25) is 0 Å². The maximum Gasteiger partial charge on any atom is -0.0169 e. The standard InChI is InChI=1S/C38H68/c1-3-5-7-9-11-13-15-17-19-21-23-25-27-29-31-33-35-37-38-36-34-32-30-28-26-24-22-20-18-16-14-12-10-8-6-4-2/h11-14,17-20,23,25H,3-10,15-16,21-22,24,26-38H2,1-2H3. The van der Waals surface area contributed by atoms with Crippen molar-refractivity contribution in [2.75, 3.05) is 0 Å². The lowest BCUT2D eigenvalue weighted by Crippen LogP contribution is -1.83. The van der Waals surface area contributed by atoms with Gasteiger partial charge in [-0.1, -0.05) is 171 Å². The van der Waals surface area contributed by atoms with E-state index in [1.165, 1.54) is 148 Å². The summed E-state index contributed by atoms with van der Waals surface area (Å²) in [7, 11) is 0. The van der Waals surface area contributed by atoms with Gasteiger partial charge in [-0.05, 0) is 70.6 Å². The summed E-state index contributed by atoms with van der Waals surface area (Å²) < 4.78 is 0. The summed E-state index contributed by atoms with van der Waals surface area (Å²) in [6.45, 7) is 4.54. The van der Waals surface area contributed by atoms with Crippen molar-refractivity contribution in [2.45, 2.75) is 181 Å². The highest BCUT2D eigenvalue weighted by atomic mass is 14.0. The first-order valence-electron chi connectivity index (χ1n) is 17.2. The molecular formula is C38H68. The zero-order chi connectivity index (χ0) is 27.5. The predicted molar refractivity (Wildman–Crippen MR) is 177 cm³/mol. The molecule has 0 rings (SSSR count). The van der Waals surface area contributed by atoms with Crippen molar-refractivity contribution in [1.82, 2.24) is 0 Å². The fourth-order valence-corrected chi connectivity index (χ4v) is 4.78. The molecular weight excluding hydrogens is 456 g/mol. The number of hydrogen-bond acceptors (Lipinski definition) is 0. The lowest BCUT2D eigenvalue weighted by Gasteiger charge is -2.03. The first-order chi connectivity index (χ1) is 18.9. The molecule has 0 spiro atoms. The third-order valence-corrected chi connectivity index (χ3v) is 7.34. The maximum absolute atomic E-state index is 2.39. The van der Waals surface area contributed by atoms with Gasteiger partial charge in [0.2, 0.25) is 0 Å². The van der Waals surface area contributed by atoms with E-state index in [4.69, 9.17) is 0 Å². The Balaban J connectivity index is 3.21. The molecule has 0 bridgehead atoms. The van der Waals surface area contributed by atoms with Crippen molar-refractivity contribution in [3.05, 3.63) is 60.8 Å². The second-order valence-corrected chi connectivity index (χ2v) is 11.2. The van der Waals surface area contributed by atoms with Crippen LogP contribution in [0.15, 0.2) is 60.8 Å². The fraction of sp³-hybridized carbons (Fsp3) is 0.737. The van der Waals surface area contributed by atoms with Crippen molar-refractivity contribution in [3.63, 3.8) is 0 Å². The molecule has 0 amide bonds. The smallest absolute Gasteiger partial charge is 0.0169 e. The zero-order valence-electron chi connectivity index (χ0n) is 26.2. The van der Waals surface area contributed by atoms with Crippen molar-refractivity contribution in [3.8, 4) is 0 Å². The monoisotopic (exact) mass is 525 g/mol. The molecule has 0 N–H and O–H groups in total. The molecule has 0 nitrogen and oxygen atoms in total. The number of unbranched alkanes of at least 4 members (excludes halogenated alkanes) is 20. The normalized spacial score (nSPS) is 12.6. The van der Waals surface area contributed by atoms with Gasteiger partial charge in [-0.2, -0.15) is 0 Å². The summed E-state index contributed by atoms with van der Waals surface area (Å²) in [5, 5.41) is 0. The minimum Gasteiger partial charge on any atom is -0.0882 e. The molecule has 220 valence electrons. The minimum atomic E-state index is 1.09. The topological polar surface area (TPSA) is 0 Å². The Labute approximate surface area is 241 Å². The molecule has 0 heterocycles. The highest BCUT2D eigenvalue weighted by Gasteiger charge is 1.94. The van der Waals surface area contributed by atoms with Gasteiger partial charge in [0.05, 0.1) is 0 Å². The van der Waals surface area contributed by atoms with Crippen LogP contribution in [0.4, 0.5) is 0 Å². The Morgan fingerprint density at radius 3 is 0.711 bits per heavy atom. The molecule has 0 saturated heterocycles. The van der Waals surface area contributed by atoms with Crippen LogP contribution in [0.1, 0.15) is 181 Å². The van der Waals surface area contributed by atoms with E-state index in [9.17, 15) is 0 Å². The first-order valence-corrected chi connectivity index (χ1v) is 17.2. The molecule has 0 aromatic rings. The van der Waals surface area contributed by atoms with Crippen LogP contribution in [-0.2, 0) is 0 Å². The summed E-state index contributed by atoms with van der Waals surface area (Å²) in [5.41, 5.74) is 0. The Morgan fingerprint density at radius 2 is 0.447 bits per heavy atom. The highest BCUT2D eigenvalue weighted by molar-refractivity contribution is 4.97. The van der Waals surface area contributed by atoms with E-state index in [1.54, 1.807) is 0 Å². The average Bonchev–Trinajstić information content (AvgIpc) is 2.93. The summed E-state index contributed by atoms with van der Waals surface area (Å²) in [6.07, 6.45) is 58.5. The molecule has 0 radical (unpaired) electrons. The van der Waals surface area contributed by atoms with Gasteiger partial charge in [0, 0.05) is 0 Å². The van der Waals surface area contributed by atoms with Gasteiger partial charge in [0.15, 0.2) is 0 Å². The van der Waals surface area contributed by atoms with Crippen LogP contribution >= 0.6 is 0 Å². The van der Waals surface area contributed by atoms with Gasteiger partial charge < -0.3 is 0 Å². The van der Waals surface area contributed by atoms with Crippen LogP contribution in [-0.4, -0.2) is 0 Å². The van der Waals surface area contributed by atoms with E-state index < -0.39 is 0 Å². The molecule has 0 heteroatoms. The quantitative estimate of drug-likeness (QED) is 0.0647. The lowest BCUT2D eigenvalue weighted by molar-refractivity contribution is 0.538. The second-order valence-electron chi connectivity index (χ2n) is 11.2. The lowest BCUT2D eigenvalue weighted by atomic mass is 10.0. The summed E-state index contributed by atoms with van der Waals surface area (Å²) in [6, 6.07) is 0. The number of hydrogen-bond donors (Lipinski definition) is 0. The molecule has 0 aromatic carbocycles. The van der Waals surface area contributed by atoms with E-state index in [-0.39, 0.29) is 0 Å². The highest BCUT2D eigenvalue weighted by Crippen LogP contribution is 2.14. The summed E-state index contributed by atoms with van der Waals surface area (Å²) >= 11 is 0. The number of allylic oxidation sites excluding steroid dienone is 10. The molecule has 0 unspecified atom stereocenters. The SMILES string of the molecule is CCCCCC=CCC=CCC=CCCCCCCCCCCCCCCCC=CCC=CCCCCC. The van der Waals surface area contributed by atoms with Gasteiger partial charge in [0.25, 0.3) is 0 Å². The van der Waals surface area contributed by atoms with Crippen LogP contribution in [0.25, 0.3) is 0 Å². The fourth-order valence-electron chi connectivity index (χ4n) is 4.78. The molecule has 0 aliphatic rings. The first kappa shape index (κ1) is 36.7. The van der Waals surface area contributed by atoms with Gasteiger partial charge >= 0.3 is 0 Å². The molecule has 0 fully saturated rings. The van der Waals surface area contributed by atoms with Crippen LogP contribution in [0.3, 0.4) is 0 Å². The van der Waals surface area contributed by atoms with Crippen LogP contribution < -0.4 is 0 Å². The van der Waals surface area contributed by atoms with E-state index >= 15 is 0 Å². The minimum absolute atomic E-state index is 1.09. The molecule has 38 heavy (non-hydrogen) atoms. The summed E-state index contributed by atoms with van der Waals surface area (Å²) in [4.78, 5) is 0. The third kappa shape index (κ3) is 34.7. The van der Waals surface area contributed by atoms with E-state index in [2.05, 4.69) is 74.6 Å². The van der Waals surface area contributed by atoms with Crippen molar-refractivity contribution >= 4 is 0 Å². The number of rotatable bonds is 30. The Hall–Kier alpha value is -1.30. The van der Waals surface area contributed by atoms with Crippen molar-refractivity contribution in [2.24, 2.45) is 0 Å². The van der Waals surface area contributed by atoms with Gasteiger partial charge in [0.1, 0.15) is 0 Å². The van der Waals surface area contributed by atoms with Gasteiger partial charge in [-0.15, -0.1) is 0 Å². The molecule has 0 aromatic heterocycles. The van der Waals surface area contributed by atoms with E-state index in [1.807, 2.05) is 0 Å². The van der Waals surface area contributed by atoms with Crippen LogP contribution in [0.5, 0.6) is 0 Å². The molecule has 0 saturated carbocycles. The maximum atomic E-state index is 2.39.